The maximum absolute atomic E-state index is 11.0. The average molecular weight is 200 g/mol. The lowest BCUT2D eigenvalue weighted by Crippen LogP contribution is -2.37. The molecule has 14 heavy (non-hydrogen) atoms. The van der Waals surface area contributed by atoms with Crippen molar-refractivity contribution in [1.29, 1.82) is 0 Å². The molecular weight excluding hydrogens is 188 g/mol. The summed E-state index contributed by atoms with van der Waals surface area (Å²) in [6.45, 7) is 2.33. The minimum absolute atomic E-state index is 0.111. The van der Waals surface area contributed by atoms with E-state index in [4.69, 9.17) is 0 Å². The van der Waals surface area contributed by atoms with E-state index in [9.17, 15) is 14.4 Å². The van der Waals surface area contributed by atoms with Crippen LogP contribution >= 0.6 is 0 Å². The van der Waals surface area contributed by atoms with Crippen LogP contribution in [0.2, 0.25) is 0 Å². The molecule has 0 aromatic carbocycles. The molecule has 78 valence electrons. The summed E-state index contributed by atoms with van der Waals surface area (Å²) in [6.07, 6.45) is 0.215. The molecular formula is C8H12N2O4. The standard InChI is InChI=1S/C8H12N2O4/c1-2-5-9-8(13)14-10-6(11)3-4-7(10)12/h2-5H2,1H3,(H,9,13). The van der Waals surface area contributed by atoms with Gasteiger partial charge in [-0.1, -0.05) is 6.92 Å². The molecule has 0 aromatic rings. The van der Waals surface area contributed by atoms with Crippen LogP contribution in [0.15, 0.2) is 0 Å². The largest absolute Gasteiger partial charge is 0.432 e. The van der Waals surface area contributed by atoms with Gasteiger partial charge in [-0.2, -0.15) is 0 Å². The maximum Gasteiger partial charge on any atom is 0.432 e. The van der Waals surface area contributed by atoms with Gasteiger partial charge in [0.05, 0.1) is 0 Å². The quantitative estimate of drug-likeness (QED) is 0.659. The number of nitrogens with zero attached hydrogens (tertiary/aromatic N) is 1. The van der Waals surface area contributed by atoms with Gasteiger partial charge in [0.25, 0.3) is 11.8 Å². The summed E-state index contributed by atoms with van der Waals surface area (Å²) < 4.78 is 0. The second-order valence-corrected chi connectivity index (χ2v) is 2.89. The number of hydroxylamine groups is 2. The SMILES string of the molecule is CCCNC(=O)ON1C(=O)CCC1=O. The number of hydrogen-bond donors (Lipinski definition) is 1. The summed E-state index contributed by atoms with van der Waals surface area (Å²) in [5.41, 5.74) is 0. The van der Waals surface area contributed by atoms with E-state index in [2.05, 4.69) is 10.2 Å². The van der Waals surface area contributed by atoms with Crippen molar-refractivity contribution in [2.45, 2.75) is 26.2 Å². The molecule has 0 aliphatic carbocycles. The van der Waals surface area contributed by atoms with E-state index in [0.29, 0.717) is 11.6 Å². The Morgan fingerprint density at radius 2 is 2.00 bits per heavy atom. The van der Waals surface area contributed by atoms with Gasteiger partial charge in [0.2, 0.25) is 0 Å². The molecule has 0 radical (unpaired) electrons. The number of rotatable bonds is 3. The van der Waals surface area contributed by atoms with Crippen LogP contribution in [0, 0.1) is 0 Å². The fourth-order valence-electron chi connectivity index (χ4n) is 1.00. The van der Waals surface area contributed by atoms with Crippen LogP contribution in [-0.4, -0.2) is 29.5 Å². The Labute approximate surface area is 81.1 Å². The molecule has 6 heteroatoms. The monoisotopic (exact) mass is 200 g/mol. The molecule has 1 aliphatic rings. The van der Waals surface area contributed by atoms with Crippen LogP contribution < -0.4 is 5.32 Å². The van der Waals surface area contributed by atoms with E-state index < -0.39 is 17.9 Å². The van der Waals surface area contributed by atoms with E-state index in [1.54, 1.807) is 0 Å². The van der Waals surface area contributed by atoms with E-state index in [0.717, 1.165) is 6.42 Å². The number of carbonyl (C=O) groups excluding carboxylic acids is 3. The molecule has 1 N–H and O–H groups in total. The van der Waals surface area contributed by atoms with Crippen molar-refractivity contribution in [3.8, 4) is 0 Å². The highest BCUT2D eigenvalue weighted by molar-refractivity contribution is 6.01. The molecule has 1 aliphatic heterocycles. The Morgan fingerprint density at radius 3 is 2.50 bits per heavy atom. The average Bonchev–Trinajstić information content (AvgIpc) is 2.46. The lowest BCUT2D eigenvalue weighted by Gasteiger charge is -2.12. The number of amides is 3. The van der Waals surface area contributed by atoms with Crippen LogP contribution in [0.25, 0.3) is 0 Å². The predicted molar refractivity (Wildman–Crippen MR) is 45.9 cm³/mol. The Balaban J connectivity index is 2.39. The van der Waals surface area contributed by atoms with E-state index in [-0.39, 0.29) is 12.8 Å². The zero-order valence-electron chi connectivity index (χ0n) is 7.91. The Hall–Kier alpha value is -1.59. The molecule has 3 amide bonds. The zero-order chi connectivity index (χ0) is 10.6. The molecule has 1 saturated heterocycles. The molecule has 1 heterocycles. The molecule has 0 aromatic heterocycles. The number of nitrogens with one attached hydrogen (secondary N) is 1. The van der Waals surface area contributed by atoms with Crippen LogP contribution in [0.1, 0.15) is 26.2 Å². The Bertz CT molecular complexity index is 248. The van der Waals surface area contributed by atoms with Crippen molar-refractivity contribution in [2.24, 2.45) is 0 Å². The molecule has 1 fully saturated rings. The summed E-state index contributed by atoms with van der Waals surface area (Å²) in [5.74, 6) is -0.941. The molecule has 6 nitrogen and oxygen atoms in total. The molecule has 0 spiro atoms. The van der Waals surface area contributed by atoms with Crippen LogP contribution in [-0.2, 0) is 14.4 Å². The molecule has 1 rings (SSSR count). The number of imide groups is 1. The first kappa shape index (κ1) is 10.5. The van der Waals surface area contributed by atoms with Gasteiger partial charge in [-0.05, 0) is 6.42 Å². The fraction of sp³-hybridized carbons (Fsp3) is 0.625. The van der Waals surface area contributed by atoms with Gasteiger partial charge < -0.3 is 10.2 Å². The highest BCUT2D eigenvalue weighted by Gasteiger charge is 2.32. The van der Waals surface area contributed by atoms with E-state index in [1.165, 1.54) is 0 Å². The highest BCUT2D eigenvalue weighted by Crippen LogP contribution is 2.11. The summed E-state index contributed by atoms with van der Waals surface area (Å²) in [5, 5.41) is 2.91. The normalized spacial score (nSPS) is 15.9. The summed E-state index contributed by atoms with van der Waals surface area (Å²) >= 11 is 0. The third-order valence-electron chi connectivity index (χ3n) is 1.70. The van der Waals surface area contributed by atoms with Gasteiger partial charge in [-0.3, -0.25) is 9.59 Å². The van der Waals surface area contributed by atoms with Gasteiger partial charge in [-0.25, -0.2) is 4.79 Å². The van der Waals surface area contributed by atoms with Crippen molar-refractivity contribution >= 4 is 17.9 Å². The smallest absolute Gasteiger partial charge is 0.320 e. The lowest BCUT2D eigenvalue weighted by atomic mass is 10.4. The zero-order valence-corrected chi connectivity index (χ0v) is 7.91. The van der Waals surface area contributed by atoms with Gasteiger partial charge in [0.15, 0.2) is 0 Å². The Kier molecular flexibility index (Phi) is 3.44. The van der Waals surface area contributed by atoms with Crippen molar-refractivity contribution in [3.05, 3.63) is 0 Å². The number of carbonyl (C=O) groups is 3. The predicted octanol–water partition coefficient (Wildman–Crippen LogP) is 0.187. The first-order valence-corrected chi connectivity index (χ1v) is 4.46. The van der Waals surface area contributed by atoms with E-state index >= 15 is 0 Å². The molecule has 0 unspecified atom stereocenters. The van der Waals surface area contributed by atoms with Crippen molar-refractivity contribution in [2.75, 3.05) is 6.54 Å². The highest BCUT2D eigenvalue weighted by atomic mass is 16.7. The van der Waals surface area contributed by atoms with Gasteiger partial charge >= 0.3 is 6.09 Å². The first-order valence-electron chi connectivity index (χ1n) is 4.46. The summed E-state index contributed by atoms with van der Waals surface area (Å²) in [7, 11) is 0. The van der Waals surface area contributed by atoms with Crippen molar-refractivity contribution < 1.29 is 19.2 Å². The van der Waals surface area contributed by atoms with Crippen LogP contribution in [0.5, 0.6) is 0 Å². The van der Waals surface area contributed by atoms with Gasteiger partial charge in [0, 0.05) is 19.4 Å². The topological polar surface area (TPSA) is 75.7 Å². The fourth-order valence-corrected chi connectivity index (χ4v) is 1.00. The van der Waals surface area contributed by atoms with Crippen molar-refractivity contribution in [1.82, 2.24) is 10.4 Å². The van der Waals surface area contributed by atoms with Crippen LogP contribution in [0.3, 0.4) is 0 Å². The minimum atomic E-state index is -0.768. The van der Waals surface area contributed by atoms with Crippen LogP contribution in [0.4, 0.5) is 4.79 Å². The third kappa shape index (κ3) is 2.45. The lowest BCUT2D eigenvalue weighted by molar-refractivity contribution is -0.171. The maximum atomic E-state index is 11.0. The molecule has 0 saturated carbocycles. The second kappa shape index (κ2) is 4.59. The van der Waals surface area contributed by atoms with Gasteiger partial charge in [0.1, 0.15) is 0 Å². The van der Waals surface area contributed by atoms with Gasteiger partial charge in [-0.15, -0.1) is 5.06 Å². The second-order valence-electron chi connectivity index (χ2n) is 2.89. The number of hydrogen-bond acceptors (Lipinski definition) is 4. The Morgan fingerprint density at radius 1 is 1.43 bits per heavy atom. The summed E-state index contributed by atoms with van der Waals surface area (Å²) in [6, 6.07) is 0. The molecule has 0 bridgehead atoms. The molecule has 0 atom stereocenters. The van der Waals surface area contributed by atoms with E-state index in [1.807, 2.05) is 6.92 Å². The summed E-state index contributed by atoms with van der Waals surface area (Å²) in [4.78, 5) is 37.5. The van der Waals surface area contributed by atoms with Crippen molar-refractivity contribution in [3.63, 3.8) is 0 Å². The third-order valence-corrected chi connectivity index (χ3v) is 1.70. The minimum Gasteiger partial charge on any atom is -0.320 e. The first-order chi connectivity index (χ1) is 6.65.